The van der Waals surface area contributed by atoms with Crippen LogP contribution < -0.4 is 10.2 Å². The summed E-state index contributed by atoms with van der Waals surface area (Å²) in [6.45, 7) is 4.34. The molecule has 0 aromatic heterocycles. The summed E-state index contributed by atoms with van der Waals surface area (Å²) >= 11 is 1.56. The fourth-order valence-electron chi connectivity index (χ4n) is 2.71. The van der Waals surface area contributed by atoms with Gasteiger partial charge in [0, 0.05) is 29.4 Å². The molecule has 1 heterocycles. The average Bonchev–Trinajstić information content (AvgIpc) is 3.09. The first-order chi connectivity index (χ1) is 11.2. The van der Waals surface area contributed by atoms with Crippen LogP contribution in [0.5, 0.6) is 0 Å². The van der Waals surface area contributed by atoms with Gasteiger partial charge < -0.3 is 10.2 Å². The van der Waals surface area contributed by atoms with Crippen molar-refractivity contribution < 1.29 is 4.79 Å². The lowest BCUT2D eigenvalue weighted by Gasteiger charge is -2.17. The zero-order chi connectivity index (χ0) is 16.1. The highest BCUT2D eigenvalue weighted by Gasteiger charge is 2.12. The van der Waals surface area contributed by atoms with Crippen LogP contribution in [0.2, 0.25) is 0 Å². The zero-order valence-corrected chi connectivity index (χ0v) is 14.2. The fourth-order valence-corrected chi connectivity index (χ4v) is 3.41. The lowest BCUT2D eigenvalue weighted by molar-refractivity contribution is -0.113. The number of anilines is 2. The third-order valence-corrected chi connectivity index (χ3v) is 5.03. The lowest BCUT2D eigenvalue weighted by atomic mass is 10.2. The van der Waals surface area contributed by atoms with Gasteiger partial charge in [0.1, 0.15) is 0 Å². The van der Waals surface area contributed by atoms with Crippen molar-refractivity contribution in [2.75, 3.05) is 29.1 Å². The van der Waals surface area contributed by atoms with E-state index in [1.807, 2.05) is 12.1 Å². The number of rotatable bonds is 5. The highest BCUT2D eigenvalue weighted by atomic mass is 32.2. The maximum atomic E-state index is 12.1. The Kier molecular flexibility index (Phi) is 5.23. The SMILES string of the molecule is Cc1ccc(SCC(=O)Nc2ccc(N3CCCC3)cc2)cc1. The summed E-state index contributed by atoms with van der Waals surface area (Å²) in [4.78, 5) is 15.6. The first kappa shape index (κ1) is 15.9. The largest absolute Gasteiger partial charge is 0.372 e. The van der Waals surface area contributed by atoms with Crippen molar-refractivity contribution in [3.63, 3.8) is 0 Å². The molecule has 23 heavy (non-hydrogen) atoms. The molecule has 0 bridgehead atoms. The third-order valence-electron chi connectivity index (χ3n) is 4.01. The van der Waals surface area contributed by atoms with Crippen molar-refractivity contribution >= 4 is 29.0 Å². The predicted octanol–water partition coefficient (Wildman–Crippen LogP) is 4.33. The van der Waals surface area contributed by atoms with Crippen molar-refractivity contribution in [2.45, 2.75) is 24.7 Å². The van der Waals surface area contributed by atoms with E-state index in [0.717, 1.165) is 23.7 Å². The van der Waals surface area contributed by atoms with Crippen LogP contribution in [0.1, 0.15) is 18.4 Å². The number of hydrogen-bond donors (Lipinski definition) is 1. The molecule has 3 nitrogen and oxygen atoms in total. The first-order valence-corrected chi connectivity index (χ1v) is 9.03. The van der Waals surface area contributed by atoms with E-state index in [2.05, 4.69) is 53.5 Å². The molecule has 1 fully saturated rings. The number of aryl methyl sites for hydroxylation is 1. The minimum atomic E-state index is 0.0319. The molecule has 120 valence electrons. The molecule has 0 spiro atoms. The van der Waals surface area contributed by atoms with Crippen LogP contribution in [-0.2, 0) is 4.79 Å². The second kappa shape index (κ2) is 7.55. The van der Waals surface area contributed by atoms with Crippen LogP contribution >= 0.6 is 11.8 Å². The van der Waals surface area contributed by atoms with Crippen LogP contribution in [0.3, 0.4) is 0 Å². The second-order valence-corrected chi connectivity index (χ2v) is 6.94. The molecule has 1 aliphatic rings. The van der Waals surface area contributed by atoms with Crippen molar-refractivity contribution in [1.29, 1.82) is 0 Å². The van der Waals surface area contributed by atoms with Crippen LogP contribution in [0.15, 0.2) is 53.4 Å². The third kappa shape index (κ3) is 4.52. The number of carbonyl (C=O) groups is 1. The maximum absolute atomic E-state index is 12.1. The molecule has 1 saturated heterocycles. The first-order valence-electron chi connectivity index (χ1n) is 8.05. The van der Waals surface area contributed by atoms with E-state index in [-0.39, 0.29) is 5.91 Å². The summed E-state index contributed by atoms with van der Waals surface area (Å²) in [7, 11) is 0. The Morgan fingerprint density at radius 3 is 2.35 bits per heavy atom. The van der Waals surface area contributed by atoms with Gasteiger partial charge in [-0.2, -0.15) is 0 Å². The molecule has 0 radical (unpaired) electrons. The summed E-state index contributed by atoms with van der Waals surface area (Å²) in [6.07, 6.45) is 2.55. The smallest absolute Gasteiger partial charge is 0.234 e. The van der Waals surface area contributed by atoms with E-state index in [4.69, 9.17) is 0 Å². The Bertz CT molecular complexity index is 646. The molecular formula is C19H22N2OS. The summed E-state index contributed by atoms with van der Waals surface area (Å²) in [6, 6.07) is 16.4. The molecule has 1 N–H and O–H groups in total. The quantitative estimate of drug-likeness (QED) is 0.830. The van der Waals surface area contributed by atoms with Gasteiger partial charge in [0.25, 0.3) is 0 Å². The Hall–Kier alpha value is -1.94. The molecule has 0 aliphatic carbocycles. The molecule has 0 saturated carbocycles. The summed E-state index contributed by atoms with van der Waals surface area (Å²) in [5.74, 6) is 0.459. The van der Waals surface area contributed by atoms with Gasteiger partial charge in [0.15, 0.2) is 0 Å². The zero-order valence-electron chi connectivity index (χ0n) is 13.4. The molecular weight excluding hydrogens is 304 g/mol. The number of amides is 1. The van der Waals surface area contributed by atoms with Crippen molar-refractivity contribution in [1.82, 2.24) is 0 Å². The topological polar surface area (TPSA) is 32.3 Å². The summed E-state index contributed by atoms with van der Waals surface area (Å²) in [5.41, 5.74) is 3.34. The fraction of sp³-hybridized carbons (Fsp3) is 0.316. The monoisotopic (exact) mass is 326 g/mol. The van der Waals surface area contributed by atoms with Gasteiger partial charge in [-0.25, -0.2) is 0 Å². The average molecular weight is 326 g/mol. The second-order valence-electron chi connectivity index (χ2n) is 5.89. The van der Waals surface area contributed by atoms with Crippen LogP contribution in [0.4, 0.5) is 11.4 Å². The Morgan fingerprint density at radius 1 is 1.04 bits per heavy atom. The highest BCUT2D eigenvalue weighted by molar-refractivity contribution is 8.00. The standard InChI is InChI=1S/C19H22N2OS/c1-15-4-10-18(11-5-15)23-14-19(22)20-16-6-8-17(9-7-16)21-12-2-3-13-21/h4-11H,2-3,12-14H2,1H3,(H,20,22). The molecule has 1 aliphatic heterocycles. The van der Waals surface area contributed by atoms with E-state index in [1.165, 1.54) is 24.1 Å². The number of thioether (sulfide) groups is 1. The predicted molar refractivity (Wildman–Crippen MR) is 98.4 cm³/mol. The van der Waals surface area contributed by atoms with Gasteiger partial charge in [-0.05, 0) is 56.2 Å². The van der Waals surface area contributed by atoms with E-state index in [1.54, 1.807) is 11.8 Å². The lowest BCUT2D eigenvalue weighted by Crippen LogP contribution is -2.18. The molecule has 1 amide bonds. The Balaban J connectivity index is 1.50. The molecule has 3 rings (SSSR count). The molecule has 0 atom stereocenters. The van der Waals surface area contributed by atoms with E-state index in [9.17, 15) is 4.79 Å². The Labute approximate surface area is 142 Å². The summed E-state index contributed by atoms with van der Waals surface area (Å²) in [5, 5.41) is 2.96. The molecule has 2 aromatic carbocycles. The van der Waals surface area contributed by atoms with Crippen LogP contribution in [-0.4, -0.2) is 24.7 Å². The molecule has 0 unspecified atom stereocenters. The Morgan fingerprint density at radius 2 is 1.70 bits per heavy atom. The maximum Gasteiger partial charge on any atom is 0.234 e. The van der Waals surface area contributed by atoms with Crippen LogP contribution in [0.25, 0.3) is 0 Å². The number of carbonyl (C=O) groups excluding carboxylic acids is 1. The number of benzene rings is 2. The van der Waals surface area contributed by atoms with Gasteiger partial charge in [-0.3, -0.25) is 4.79 Å². The van der Waals surface area contributed by atoms with Crippen molar-refractivity contribution in [2.24, 2.45) is 0 Å². The van der Waals surface area contributed by atoms with Crippen LogP contribution in [0, 0.1) is 6.92 Å². The van der Waals surface area contributed by atoms with E-state index >= 15 is 0 Å². The van der Waals surface area contributed by atoms with Gasteiger partial charge in [0.2, 0.25) is 5.91 Å². The number of nitrogens with zero attached hydrogens (tertiary/aromatic N) is 1. The molecule has 4 heteroatoms. The van der Waals surface area contributed by atoms with E-state index < -0.39 is 0 Å². The highest BCUT2D eigenvalue weighted by Crippen LogP contribution is 2.23. The van der Waals surface area contributed by atoms with Crippen molar-refractivity contribution in [3.8, 4) is 0 Å². The van der Waals surface area contributed by atoms with Gasteiger partial charge >= 0.3 is 0 Å². The number of hydrogen-bond acceptors (Lipinski definition) is 3. The van der Waals surface area contributed by atoms with Crippen molar-refractivity contribution in [3.05, 3.63) is 54.1 Å². The normalized spacial score (nSPS) is 14.0. The minimum absolute atomic E-state index is 0.0319. The summed E-state index contributed by atoms with van der Waals surface area (Å²) < 4.78 is 0. The van der Waals surface area contributed by atoms with Gasteiger partial charge in [-0.15, -0.1) is 11.8 Å². The van der Waals surface area contributed by atoms with Gasteiger partial charge in [-0.1, -0.05) is 17.7 Å². The van der Waals surface area contributed by atoms with E-state index in [0.29, 0.717) is 5.75 Å². The minimum Gasteiger partial charge on any atom is -0.372 e. The molecule has 2 aromatic rings. The number of nitrogens with one attached hydrogen (secondary N) is 1. The van der Waals surface area contributed by atoms with Gasteiger partial charge in [0.05, 0.1) is 5.75 Å².